The van der Waals surface area contributed by atoms with Gasteiger partial charge < -0.3 is 4.74 Å². The first-order valence-corrected chi connectivity index (χ1v) is 9.96. The van der Waals surface area contributed by atoms with E-state index in [2.05, 4.69) is 5.32 Å². The molecule has 138 valence electrons. The Labute approximate surface area is 161 Å². The summed E-state index contributed by atoms with van der Waals surface area (Å²) in [7, 11) is 0. The third-order valence-electron chi connectivity index (χ3n) is 4.60. The number of rotatable bonds is 5. The van der Waals surface area contributed by atoms with Gasteiger partial charge in [-0.15, -0.1) is 0 Å². The maximum atomic E-state index is 12.1. The number of thioether (sulfide) groups is 1. The average Bonchev–Trinajstić information content (AvgIpc) is 2.93. The van der Waals surface area contributed by atoms with Gasteiger partial charge in [0.15, 0.2) is 0 Å². The van der Waals surface area contributed by atoms with Gasteiger partial charge in [0.2, 0.25) is 0 Å². The Bertz CT molecular complexity index is 756. The molecule has 1 aliphatic carbocycles. The van der Waals surface area contributed by atoms with Crippen LogP contribution in [0.1, 0.15) is 50.5 Å². The Kier molecular flexibility index (Phi) is 6.38. The number of halogens is 1. The third kappa shape index (κ3) is 5.11. The SMILES string of the molecule is O=C(CCC1CCCCC1)Oc1ccc(/C=C2\SC(=O)NC2=O)cc1Cl. The van der Waals surface area contributed by atoms with Crippen LogP contribution in [-0.2, 0) is 9.59 Å². The molecule has 7 heteroatoms. The minimum atomic E-state index is -0.422. The van der Waals surface area contributed by atoms with Crippen molar-refractivity contribution in [2.24, 2.45) is 5.92 Å². The number of nitrogens with one attached hydrogen (secondary N) is 1. The molecule has 2 fully saturated rings. The highest BCUT2D eigenvalue weighted by molar-refractivity contribution is 8.18. The zero-order chi connectivity index (χ0) is 18.5. The van der Waals surface area contributed by atoms with Gasteiger partial charge >= 0.3 is 5.97 Å². The first kappa shape index (κ1) is 19.0. The maximum Gasteiger partial charge on any atom is 0.311 e. The molecule has 1 saturated carbocycles. The molecule has 2 amide bonds. The molecule has 0 bridgehead atoms. The lowest BCUT2D eigenvalue weighted by Crippen LogP contribution is -2.17. The van der Waals surface area contributed by atoms with Crippen LogP contribution in [0.3, 0.4) is 0 Å². The van der Waals surface area contributed by atoms with Crippen molar-refractivity contribution in [2.75, 3.05) is 0 Å². The normalized spacial score (nSPS) is 19.7. The van der Waals surface area contributed by atoms with Gasteiger partial charge in [-0.25, -0.2) is 0 Å². The van der Waals surface area contributed by atoms with Gasteiger partial charge in [0.1, 0.15) is 5.75 Å². The van der Waals surface area contributed by atoms with Crippen molar-refractivity contribution in [1.82, 2.24) is 5.32 Å². The Morgan fingerprint density at radius 3 is 2.69 bits per heavy atom. The van der Waals surface area contributed by atoms with E-state index < -0.39 is 11.1 Å². The minimum absolute atomic E-state index is 0.278. The van der Waals surface area contributed by atoms with E-state index in [1.807, 2.05) is 0 Å². The number of imide groups is 1. The first-order valence-electron chi connectivity index (χ1n) is 8.76. The summed E-state index contributed by atoms with van der Waals surface area (Å²) in [5.74, 6) is 0.231. The number of carbonyl (C=O) groups excluding carboxylic acids is 3. The highest BCUT2D eigenvalue weighted by Crippen LogP contribution is 2.31. The number of hydrogen-bond acceptors (Lipinski definition) is 5. The summed E-state index contributed by atoms with van der Waals surface area (Å²) in [5.41, 5.74) is 0.657. The van der Waals surface area contributed by atoms with E-state index in [1.165, 1.54) is 32.1 Å². The summed E-state index contributed by atoms with van der Waals surface area (Å²) in [6, 6.07) is 4.90. The lowest BCUT2D eigenvalue weighted by Gasteiger charge is -2.20. The van der Waals surface area contributed by atoms with E-state index in [1.54, 1.807) is 24.3 Å². The second-order valence-electron chi connectivity index (χ2n) is 6.56. The molecule has 5 nitrogen and oxygen atoms in total. The van der Waals surface area contributed by atoms with Crippen molar-refractivity contribution in [3.63, 3.8) is 0 Å². The van der Waals surface area contributed by atoms with Crippen molar-refractivity contribution >= 4 is 46.6 Å². The number of amides is 2. The Morgan fingerprint density at radius 1 is 1.27 bits per heavy atom. The Hall–Kier alpha value is -1.79. The predicted molar refractivity (Wildman–Crippen MR) is 102 cm³/mol. The quantitative estimate of drug-likeness (QED) is 0.436. The highest BCUT2D eigenvalue weighted by Gasteiger charge is 2.25. The molecule has 1 aliphatic heterocycles. The van der Waals surface area contributed by atoms with Gasteiger partial charge in [0, 0.05) is 6.42 Å². The fourth-order valence-electron chi connectivity index (χ4n) is 3.23. The zero-order valence-electron chi connectivity index (χ0n) is 14.3. The zero-order valence-corrected chi connectivity index (χ0v) is 15.8. The highest BCUT2D eigenvalue weighted by atomic mass is 35.5. The average molecular weight is 394 g/mol. The fourth-order valence-corrected chi connectivity index (χ4v) is 4.14. The van der Waals surface area contributed by atoms with E-state index in [-0.39, 0.29) is 5.97 Å². The van der Waals surface area contributed by atoms with E-state index in [0.29, 0.717) is 33.6 Å². The molecular weight excluding hydrogens is 374 g/mol. The van der Waals surface area contributed by atoms with Crippen molar-refractivity contribution in [3.8, 4) is 5.75 Å². The molecular formula is C19H20ClNO4S. The summed E-state index contributed by atoms with van der Waals surface area (Å²) in [5, 5.41) is 2.09. The molecule has 0 spiro atoms. The first-order chi connectivity index (χ1) is 12.5. The standard InChI is InChI=1S/C19H20ClNO4S/c20-14-10-13(11-16-18(23)21-19(24)26-16)6-8-15(14)25-17(22)9-7-12-4-2-1-3-5-12/h6,8,10-12H,1-5,7,9H2,(H,21,23,24)/b16-11-. The number of esters is 1. The van der Waals surface area contributed by atoms with Crippen LogP contribution in [0.5, 0.6) is 5.75 Å². The smallest absolute Gasteiger partial charge is 0.311 e. The third-order valence-corrected chi connectivity index (χ3v) is 5.71. The Balaban J connectivity index is 1.57. The van der Waals surface area contributed by atoms with Crippen molar-refractivity contribution in [3.05, 3.63) is 33.7 Å². The van der Waals surface area contributed by atoms with Crippen LogP contribution < -0.4 is 10.1 Å². The number of carbonyl (C=O) groups is 3. The van der Waals surface area contributed by atoms with Gasteiger partial charge in [-0.1, -0.05) is 49.8 Å². The van der Waals surface area contributed by atoms with Crippen LogP contribution in [0.4, 0.5) is 4.79 Å². The van der Waals surface area contributed by atoms with Gasteiger partial charge in [-0.05, 0) is 47.9 Å². The van der Waals surface area contributed by atoms with Crippen LogP contribution in [0.25, 0.3) is 6.08 Å². The van der Waals surface area contributed by atoms with Crippen LogP contribution in [0.2, 0.25) is 5.02 Å². The molecule has 1 aromatic carbocycles. The van der Waals surface area contributed by atoms with E-state index in [4.69, 9.17) is 16.3 Å². The van der Waals surface area contributed by atoms with Crippen LogP contribution in [0.15, 0.2) is 23.1 Å². The summed E-state index contributed by atoms with van der Waals surface area (Å²) in [4.78, 5) is 35.1. The molecule has 0 aromatic heterocycles. The van der Waals surface area contributed by atoms with Gasteiger partial charge in [-0.3, -0.25) is 19.7 Å². The second-order valence-corrected chi connectivity index (χ2v) is 7.98. The fraction of sp³-hybridized carbons (Fsp3) is 0.421. The molecule has 0 atom stereocenters. The van der Waals surface area contributed by atoms with Gasteiger partial charge in [0.05, 0.1) is 9.93 Å². The van der Waals surface area contributed by atoms with Crippen molar-refractivity contribution < 1.29 is 19.1 Å². The molecule has 0 radical (unpaired) electrons. The van der Waals surface area contributed by atoms with Gasteiger partial charge in [0.25, 0.3) is 11.1 Å². The van der Waals surface area contributed by atoms with E-state index in [9.17, 15) is 14.4 Å². The van der Waals surface area contributed by atoms with Crippen molar-refractivity contribution in [1.29, 1.82) is 0 Å². The summed E-state index contributed by atoms with van der Waals surface area (Å²) in [6.45, 7) is 0. The van der Waals surface area contributed by atoms with E-state index in [0.717, 1.165) is 18.2 Å². The minimum Gasteiger partial charge on any atom is -0.425 e. The number of ether oxygens (including phenoxy) is 1. The molecule has 3 rings (SSSR count). The largest absolute Gasteiger partial charge is 0.425 e. The summed E-state index contributed by atoms with van der Waals surface area (Å²) >= 11 is 7.03. The topological polar surface area (TPSA) is 72.5 Å². The maximum absolute atomic E-state index is 12.1. The van der Waals surface area contributed by atoms with Gasteiger partial charge in [-0.2, -0.15) is 0 Å². The second kappa shape index (κ2) is 8.73. The molecule has 1 N–H and O–H groups in total. The Morgan fingerprint density at radius 2 is 2.04 bits per heavy atom. The molecule has 1 aromatic rings. The van der Waals surface area contributed by atoms with Crippen LogP contribution in [-0.4, -0.2) is 17.1 Å². The monoisotopic (exact) mass is 393 g/mol. The molecule has 0 unspecified atom stereocenters. The molecule has 26 heavy (non-hydrogen) atoms. The summed E-state index contributed by atoms with van der Waals surface area (Å²) in [6.07, 6.45) is 9.04. The van der Waals surface area contributed by atoms with Crippen LogP contribution in [0, 0.1) is 5.92 Å². The predicted octanol–water partition coefficient (Wildman–Crippen LogP) is 4.93. The molecule has 1 saturated heterocycles. The summed E-state index contributed by atoms with van der Waals surface area (Å²) < 4.78 is 5.37. The van der Waals surface area contributed by atoms with Crippen LogP contribution >= 0.6 is 23.4 Å². The number of benzene rings is 1. The lowest BCUT2D eigenvalue weighted by molar-refractivity contribution is -0.134. The molecule has 1 heterocycles. The van der Waals surface area contributed by atoms with E-state index >= 15 is 0 Å². The molecule has 2 aliphatic rings. The lowest BCUT2D eigenvalue weighted by atomic mass is 9.86. The van der Waals surface area contributed by atoms with Crippen molar-refractivity contribution in [2.45, 2.75) is 44.9 Å². The number of hydrogen-bond donors (Lipinski definition) is 1.